The Balaban J connectivity index is 2.47. The van der Waals surface area contributed by atoms with E-state index >= 15 is 0 Å². The average molecular weight is 266 g/mol. The van der Waals surface area contributed by atoms with Gasteiger partial charge in [0.2, 0.25) is 0 Å². The maximum absolute atomic E-state index is 5.85. The molecule has 0 aromatic carbocycles. The zero-order chi connectivity index (χ0) is 13.3. The van der Waals surface area contributed by atoms with Gasteiger partial charge < -0.3 is 9.72 Å². The molecule has 2 rings (SSSR count). The topological polar surface area (TPSA) is 37.9 Å². The smallest absolute Gasteiger partial charge is 0.140 e. The molecule has 2 atom stereocenters. The van der Waals surface area contributed by atoms with Crippen LogP contribution in [-0.2, 0) is 10.3 Å². The number of hydrogen-bond acceptors (Lipinski definition) is 3. The molecule has 1 aliphatic rings. The van der Waals surface area contributed by atoms with E-state index in [1.54, 1.807) is 7.11 Å². The molecule has 1 saturated carbocycles. The highest BCUT2D eigenvalue weighted by molar-refractivity contribution is 7.71. The zero-order valence-corrected chi connectivity index (χ0v) is 12.5. The van der Waals surface area contributed by atoms with Gasteiger partial charge in [-0.1, -0.05) is 25.6 Å². The molecule has 1 aliphatic carbocycles. The van der Waals surface area contributed by atoms with Crippen molar-refractivity contribution in [1.82, 2.24) is 9.97 Å². The largest absolute Gasteiger partial charge is 0.370 e. The molecular formula is C14H22N2OS. The normalized spacial score (nSPS) is 28.3. The first-order valence-corrected chi connectivity index (χ1v) is 7.02. The van der Waals surface area contributed by atoms with Crippen molar-refractivity contribution in [3.63, 3.8) is 0 Å². The maximum atomic E-state index is 5.85. The van der Waals surface area contributed by atoms with E-state index in [0.717, 1.165) is 29.9 Å². The summed E-state index contributed by atoms with van der Waals surface area (Å²) in [7, 11) is 1.78. The monoisotopic (exact) mass is 266 g/mol. The summed E-state index contributed by atoms with van der Waals surface area (Å²) in [5.74, 6) is 1.58. The summed E-state index contributed by atoms with van der Waals surface area (Å²) in [6.07, 6.45) is 4.50. The number of nitrogens with zero attached hydrogens (tertiary/aromatic N) is 1. The Morgan fingerprint density at radius 2 is 2.17 bits per heavy atom. The third-order valence-corrected chi connectivity index (χ3v) is 4.58. The van der Waals surface area contributed by atoms with Crippen LogP contribution in [0.15, 0.2) is 0 Å². The lowest BCUT2D eigenvalue weighted by Crippen LogP contribution is -2.36. The van der Waals surface area contributed by atoms with Gasteiger partial charge in [-0.3, -0.25) is 0 Å². The number of H-pyrrole nitrogens is 1. The Morgan fingerprint density at radius 1 is 1.44 bits per heavy atom. The van der Waals surface area contributed by atoms with Gasteiger partial charge >= 0.3 is 0 Å². The van der Waals surface area contributed by atoms with E-state index < -0.39 is 0 Å². The average Bonchev–Trinajstić information content (AvgIpc) is 2.35. The van der Waals surface area contributed by atoms with Gasteiger partial charge in [0.15, 0.2) is 0 Å². The minimum Gasteiger partial charge on any atom is -0.370 e. The molecule has 0 aliphatic heterocycles. The summed E-state index contributed by atoms with van der Waals surface area (Å²) in [6.45, 7) is 6.34. The van der Waals surface area contributed by atoms with E-state index in [1.165, 1.54) is 12.8 Å². The quantitative estimate of drug-likeness (QED) is 0.827. The van der Waals surface area contributed by atoms with Crippen molar-refractivity contribution < 1.29 is 4.74 Å². The minimum absolute atomic E-state index is 0.274. The van der Waals surface area contributed by atoms with Crippen molar-refractivity contribution in [3.05, 3.63) is 21.7 Å². The molecule has 18 heavy (non-hydrogen) atoms. The van der Waals surface area contributed by atoms with Crippen LogP contribution in [0.5, 0.6) is 0 Å². The van der Waals surface area contributed by atoms with Gasteiger partial charge in [-0.2, -0.15) is 0 Å². The summed E-state index contributed by atoms with van der Waals surface area (Å²) in [6, 6.07) is 0. The maximum Gasteiger partial charge on any atom is 0.140 e. The predicted octanol–water partition coefficient (Wildman–Crippen LogP) is 3.81. The number of ether oxygens (including phenoxy) is 1. The van der Waals surface area contributed by atoms with Crippen LogP contribution in [0.3, 0.4) is 0 Å². The molecule has 0 spiro atoms. The molecule has 2 unspecified atom stereocenters. The minimum atomic E-state index is -0.274. The Hall–Kier alpha value is -0.740. The highest BCUT2D eigenvalue weighted by atomic mass is 32.1. The van der Waals surface area contributed by atoms with Crippen molar-refractivity contribution in [2.24, 2.45) is 5.92 Å². The molecule has 1 heterocycles. The van der Waals surface area contributed by atoms with Gasteiger partial charge in [0, 0.05) is 18.4 Å². The van der Waals surface area contributed by atoms with Crippen molar-refractivity contribution in [2.45, 2.75) is 52.1 Å². The third-order valence-electron chi connectivity index (χ3n) is 4.18. The molecule has 3 nitrogen and oxygen atoms in total. The highest BCUT2D eigenvalue weighted by Gasteiger charge is 2.39. The van der Waals surface area contributed by atoms with Crippen molar-refractivity contribution >= 4 is 12.2 Å². The Labute approximate surface area is 114 Å². The van der Waals surface area contributed by atoms with Crippen LogP contribution in [0.25, 0.3) is 0 Å². The molecular weight excluding hydrogens is 244 g/mol. The van der Waals surface area contributed by atoms with E-state index in [0.29, 0.717) is 10.6 Å². The Bertz CT molecular complexity index is 497. The molecule has 1 aromatic heterocycles. The van der Waals surface area contributed by atoms with Gasteiger partial charge in [-0.25, -0.2) is 4.98 Å². The standard InChI is InChI=1S/C14H22N2OS/c1-9-6-5-7-14(8-9,17-4)13-15-11(3)10(2)12(18)16-13/h9H,5-8H2,1-4H3,(H,15,16,18). The fraction of sp³-hybridized carbons (Fsp3) is 0.714. The second-order valence-electron chi connectivity index (χ2n) is 5.54. The van der Waals surface area contributed by atoms with Crippen LogP contribution < -0.4 is 0 Å². The molecule has 0 radical (unpaired) electrons. The molecule has 0 bridgehead atoms. The molecule has 0 saturated heterocycles. The molecule has 1 aromatic rings. The summed E-state index contributed by atoms with van der Waals surface area (Å²) in [5.41, 5.74) is 1.88. The lowest BCUT2D eigenvalue weighted by Gasteiger charge is -2.38. The highest BCUT2D eigenvalue weighted by Crippen LogP contribution is 2.41. The first-order chi connectivity index (χ1) is 8.48. The predicted molar refractivity (Wildman–Crippen MR) is 75.2 cm³/mol. The zero-order valence-electron chi connectivity index (χ0n) is 11.7. The number of rotatable bonds is 2. The van der Waals surface area contributed by atoms with E-state index in [9.17, 15) is 0 Å². The van der Waals surface area contributed by atoms with Crippen LogP contribution in [0.4, 0.5) is 0 Å². The number of methoxy groups -OCH3 is 1. The SMILES string of the molecule is COC1(c2nc(=S)c(C)c(C)[nH]2)CCCC(C)C1. The van der Waals surface area contributed by atoms with Crippen molar-refractivity contribution in [2.75, 3.05) is 7.11 Å². The number of nitrogens with one attached hydrogen (secondary N) is 1. The van der Waals surface area contributed by atoms with Gasteiger partial charge in [-0.15, -0.1) is 0 Å². The van der Waals surface area contributed by atoms with Gasteiger partial charge in [0.05, 0.1) is 0 Å². The van der Waals surface area contributed by atoms with E-state index in [-0.39, 0.29) is 5.60 Å². The Kier molecular flexibility index (Phi) is 3.87. The summed E-state index contributed by atoms with van der Waals surface area (Å²) >= 11 is 5.34. The molecule has 0 amide bonds. The number of aromatic nitrogens is 2. The fourth-order valence-electron chi connectivity index (χ4n) is 2.86. The van der Waals surface area contributed by atoms with Crippen molar-refractivity contribution in [3.8, 4) is 0 Å². The first-order valence-electron chi connectivity index (χ1n) is 6.61. The molecule has 1 N–H and O–H groups in total. The van der Waals surface area contributed by atoms with E-state index in [2.05, 4.69) is 16.9 Å². The van der Waals surface area contributed by atoms with Gasteiger partial charge in [0.25, 0.3) is 0 Å². The molecule has 100 valence electrons. The lowest BCUT2D eigenvalue weighted by molar-refractivity contribution is -0.0648. The molecule has 4 heteroatoms. The Morgan fingerprint density at radius 3 is 2.72 bits per heavy atom. The first kappa shape index (κ1) is 13.7. The van der Waals surface area contributed by atoms with Crippen LogP contribution >= 0.6 is 12.2 Å². The summed E-state index contributed by atoms with van der Waals surface area (Å²) < 4.78 is 6.54. The van der Waals surface area contributed by atoms with Crippen LogP contribution in [0.1, 0.15) is 49.7 Å². The number of hydrogen-bond donors (Lipinski definition) is 1. The second-order valence-corrected chi connectivity index (χ2v) is 5.93. The number of aromatic amines is 1. The van der Waals surface area contributed by atoms with Gasteiger partial charge in [-0.05, 0) is 39.0 Å². The molecule has 1 fully saturated rings. The van der Waals surface area contributed by atoms with E-state index in [1.807, 2.05) is 13.8 Å². The summed E-state index contributed by atoms with van der Waals surface area (Å²) in [5, 5.41) is 0. The number of aryl methyl sites for hydroxylation is 1. The fourth-order valence-corrected chi connectivity index (χ4v) is 3.11. The summed E-state index contributed by atoms with van der Waals surface area (Å²) in [4.78, 5) is 7.96. The van der Waals surface area contributed by atoms with Crippen molar-refractivity contribution in [1.29, 1.82) is 0 Å². The van der Waals surface area contributed by atoms with E-state index in [4.69, 9.17) is 17.0 Å². The van der Waals surface area contributed by atoms with Crippen LogP contribution in [0.2, 0.25) is 0 Å². The van der Waals surface area contributed by atoms with Gasteiger partial charge in [0.1, 0.15) is 16.1 Å². The van der Waals surface area contributed by atoms with Crippen LogP contribution in [-0.4, -0.2) is 17.1 Å². The second kappa shape index (κ2) is 5.10. The van der Waals surface area contributed by atoms with Crippen LogP contribution in [0, 0.1) is 24.4 Å². The lowest BCUT2D eigenvalue weighted by atomic mass is 9.78. The third kappa shape index (κ3) is 2.36.